The van der Waals surface area contributed by atoms with Crippen molar-refractivity contribution in [3.8, 4) is 5.69 Å². The fraction of sp³-hybridized carbons (Fsp3) is 0.111. The normalized spacial score (nSPS) is 15.1. The minimum Gasteiger partial charge on any atom is -0.456 e. The molecule has 3 heteroatoms. The SMILES string of the molecule is CC1(C)C2=C(C=CCC2)c2ccc(N(c3ccc4c(c3)oc3ccccc34)c3ccc4c5ccccc5n(-c5ccccc5)c4c3)cc21. The van der Waals surface area contributed by atoms with Crippen LogP contribution in [0.15, 0.2) is 156 Å². The molecule has 0 radical (unpaired) electrons. The van der Waals surface area contributed by atoms with Gasteiger partial charge in [0, 0.05) is 55.8 Å². The molecule has 8 aromatic rings. The second-order valence-corrected chi connectivity index (χ2v) is 13.7. The maximum Gasteiger partial charge on any atom is 0.137 e. The highest BCUT2D eigenvalue weighted by atomic mass is 16.3. The molecule has 3 nitrogen and oxygen atoms in total. The molecular formula is C45H34N2O. The van der Waals surface area contributed by atoms with Gasteiger partial charge in [0.2, 0.25) is 0 Å². The van der Waals surface area contributed by atoms with Crippen LogP contribution in [0.4, 0.5) is 17.1 Å². The largest absolute Gasteiger partial charge is 0.456 e. The number of benzene rings is 6. The van der Waals surface area contributed by atoms with Crippen LogP contribution in [0.3, 0.4) is 0 Å². The Balaban J connectivity index is 1.22. The van der Waals surface area contributed by atoms with Crippen LogP contribution in [-0.2, 0) is 5.41 Å². The second kappa shape index (κ2) is 10.1. The lowest BCUT2D eigenvalue weighted by Crippen LogP contribution is -2.18. The first kappa shape index (κ1) is 27.3. The van der Waals surface area contributed by atoms with E-state index in [1.54, 1.807) is 5.57 Å². The summed E-state index contributed by atoms with van der Waals surface area (Å²) < 4.78 is 8.82. The fourth-order valence-electron chi connectivity index (χ4n) is 8.41. The van der Waals surface area contributed by atoms with E-state index in [1.807, 2.05) is 6.07 Å². The van der Waals surface area contributed by atoms with Crippen molar-refractivity contribution in [3.63, 3.8) is 0 Å². The number of allylic oxidation sites excluding steroid dienone is 4. The van der Waals surface area contributed by atoms with Gasteiger partial charge >= 0.3 is 0 Å². The summed E-state index contributed by atoms with van der Waals surface area (Å²) in [5, 5.41) is 4.77. The highest BCUT2D eigenvalue weighted by Gasteiger charge is 2.37. The van der Waals surface area contributed by atoms with Crippen molar-refractivity contribution in [2.75, 3.05) is 4.90 Å². The number of rotatable bonds is 4. The van der Waals surface area contributed by atoms with Gasteiger partial charge in [0.25, 0.3) is 0 Å². The third-order valence-corrected chi connectivity index (χ3v) is 10.7. The number of para-hydroxylation sites is 3. The second-order valence-electron chi connectivity index (χ2n) is 13.7. The maximum atomic E-state index is 6.43. The molecule has 6 aromatic carbocycles. The predicted molar refractivity (Wildman–Crippen MR) is 201 cm³/mol. The number of anilines is 3. The summed E-state index contributed by atoms with van der Waals surface area (Å²) in [5.41, 5.74) is 14.4. The molecule has 0 bridgehead atoms. The molecule has 2 aromatic heterocycles. The summed E-state index contributed by atoms with van der Waals surface area (Å²) in [7, 11) is 0. The fourth-order valence-corrected chi connectivity index (χ4v) is 8.41. The molecule has 2 heterocycles. The van der Waals surface area contributed by atoms with E-state index >= 15 is 0 Å². The van der Waals surface area contributed by atoms with E-state index in [1.165, 1.54) is 38.5 Å². The van der Waals surface area contributed by atoms with Crippen LogP contribution in [0.5, 0.6) is 0 Å². The molecule has 0 N–H and O–H groups in total. The van der Waals surface area contributed by atoms with Gasteiger partial charge in [0.1, 0.15) is 11.2 Å². The first-order chi connectivity index (χ1) is 23.6. The van der Waals surface area contributed by atoms with Crippen molar-refractivity contribution >= 4 is 66.4 Å². The van der Waals surface area contributed by atoms with Gasteiger partial charge < -0.3 is 13.9 Å². The van der Waals surface area contributed by atoms with Crippen molar-refractivity contribution < 1.29 is 4.42 Å². The van der Waals surface area contributed by atoms with Gasteiger partial charge in [-0.1, -0.05) is 98.3 Å². The summed E-state index contributed by atoms with van der Waals surface area (Å²) in [5.74, 6) is 0. The molecule has 0 spiro atoms. The van der Waals surface area contributed by atoms with Crippen LogP contribution in [0.25, 0.3) is 55.0 Å². The van der Waals surface area contributed by atoms with Crippen LogP contribution in [0.1, 0.15) is 37.8 Å². The Morgan fingerprint density at radius 3 is 2.15 bits per heavy atom. The molecule has 0 atom stereocenters. The minimum atomic E-state index is -0.0243. The molecule has 0 fully saturated rings. The van der Waals surface area contributed by atoms with Gasteiger partial charge in [0.05, 0.1) is 11.0 Å². The van der Waals surface area contributed by atoms with Crippen molar-refractivity contribution in [3.05, 3.63) is 162 Å². The third kappa shape index (κ3) is 3.88. The number of hydrogen-bond acceptors (Lipinski definition) is 2. The van der Waals surface area contributed by atoms with Crippen molar-refractivity contribution in [1.29, 1.82) is 0 Å². The van der Waals surface area contributed by atoms with Crippen LogP contribution >= 0.6 is 0 Å². The van der Waals surface area contributed by atoms with Gasteiger partial charge in [-0.05, 0) is 90.2 Å². The van der Waals surface area contributed by atoms with Crippen LogP contribution in [-0.4, -0.2) is 4.57 Å². The molecule has 0 saturated heterocycles. The van der Waals surface area contributed by atoms with Gasteiger partial charge in [-0.2, -0.15) is 0 Å². The molecule has 10 rings (SSSR count). The maximum absolute atomic E-state index is 6.43. The van der Waals surface area contributed by atoms with Crippen molar-refractivity contribution in [2.45, 2.75) is 32.1 Å². The summed E-state index contributed by atoms with van der Waals surface area (Å²) in [4.78, 5) is 2.41. The Morgan fingerprint density at radius 1 is 0.604 bits per heavy atom. The summed E-state index contributed by atoms with van der Waals surface area (Å²) in [6.07, 6.45) is 6.90. The summed E-state index contributed by atoms with van der Waals surface area (Å²) >= 11 is 0. The van der Waals surface area contributed by atoms with E-state index in [9.17, 15) is 0 Å². The highest BCUT2D eigenvalue weighted by Crippen LogP contribution is 2.52. The molecule has 0 amide bonds. The predicted octanol–water partition coefficient (Wildman–Crippen LogP) is 12.5. The quantitative estimate of drug-likeness (QED) is 0.196. The molecular weight excluding hydrogens is 585 g/mol. The lowest BCUT2D eigenvalue weighted by atomic mass is 9.78. The van der Waals surface area contributed by atoms with Gasteiger partial charge in [-0.25, -0.2) is 0 Å². The number of furan rings is 1. The molecule has 0 saturated carbocycles. The number of nitrogens with zero attached hydrogens (tertiary/aromatic N) is 2. The van der Waals surface area contributed by atoms with Gasteiger partial charge in [-0.15, -0.1) is 0 Å². The summed E-state index contributed by atoms with van der Waals surface area (Å²) in [6.45, 7) is 4.79. The third-order valence-electron chi connectivity index (χ3n) is 10.7. The lowest BCUT2D eigenvalue weighted by molar-refractivity contribution is 0.607. The van der Waals surface area contributed by atoms with Crippen LogP contribution in [0.2, 0.25) is 0 Å². The van der Waals surface area contributed by atoms with E-state index in [0.717, 1.165) is 57.5 Å². The average molecular weight is 619 g/mol. The van der Waals surface area contributed by atoms with Gasteiger partial charge in [0.15, 0.2) is 0 Å². The van der Waals surface area contributed by atoms with Crippen LogP contribution in [0, 0.1) is 0 Å². The molecule has 230 valence electrons. The standard InChI is InChI=1S/C45H34N2O/c1-45(2)39-17-9-6-14-33(39)34-23-20-30(26-40(34)45)46(32-22-25-38-37-16-8-11-19-43(37)48-44(38)28-32)31-21-24-36-35-15-7-10-18-41(35)47(42(36)27-31)29-12-4-3-5-13-29/h3-8,10-16,18-28H,9,17H2,1-2H3. The molecule has 0 unspecified atom stereocenters. The minimum absolute atomic E-state index is 0.0243. The number of hydrogen-bond donors (Lipinski definition) is 0. The van der Waals surface area contributed by atoms with E-state index in [0.29, 0.717) is 0 Å². The summed E-state index contributed by atoms with van der Waals surface area (Å²) in [6, 6.07) is 48.4. The molecule has 2 aliphatic rings. The molecule has 48 heavy (non-hydrogen) atoms. The Morgan fingerprint density at radius 2 is 1.27 bits per heavy atom. The monoisotopic (exact) mass is 618 g/mol. The average Bonchev–Trinajstić information content (AvgIpc) is 3.74. The Labute approximate surface area is 279 Å². The van der Waals surface area contributed by atoms with E-state index in [4.69, 9.17) is 4.42 Å². The Kier molecular flexibility index (Phi) is 5.75. The first-order valence-corrected chi connectivity index (χ1v) is 16.9. The van der Waals surface area contributed by atoms with Gasteiger partial charge in [-0.3, -0.25) is 0 Å². The zero-order valence-corrected chi connectivity index (χ0v) is 27.1. The number of fused-ring (bicyclic) bond motifs is 8. The first-order valence-electron chi connectivity index (χ1n) is 16.9. The van der Waals surface area contributed by atoms with E-state index < -0.39 is 0 Å². The number of aromatic nitrogens is 1. The molecule has 0 aliphatic heterocycles. The lowest BCUT2D eigenvalue weighted by Gasteiger charge is -2.29. The smallest absolute Gasteiger partial charge is 0.137 e. The van der Waals surface area contributed by atoms with E-state index in [-0.39, 0.29) is 5.41 Å². The van der Waals surface area contributed by atoms with E-state index in [2.05, 4.69) is 163 Å². The topological polar surface area (TPSA) is 21.3 Å². The zero-order valence-electron chi connectivity index (χ0n) is 27.1. The Hall–Kier alpha value is -5.80. The van der Waals surface area contributed by atoms with Crippen molar-refractivity contribution in [1.82, 2.24) is 4.57 Å². The highest BCUT2D eigenvalue weighted by molar-refractivity contribution is 6.11. The Bertz CT molecular complexity index is 2650. The van der Waals surface area contributed by atoms with Crippen LogP contribution < -0.4 is 4.90 Å². The van der Waals surface area contributed by atoms with Crippen molar-refractivity contribution in [2.24, 2.45) is 0 Å². The zero-order chi connectivity index (χ0) is 32.0. The molecule has 2 aliphatic carbocycles.